The van der Waals surface area contributed by atoms with Crippen molar-refractivity contribution in [1.29, 1.82) is 0 Å². The first-order valence-corrected chi connectivity index (χ1v) is 5.82. The summed E-state index contributed by atoms with van der Waals surface area (Å²) >= 11 is 0. The van der Waals surface area contributed by atoms with E-state index >= 15 is 0 Å². The number of halogens is 1. The molecule has 0 saturated carbocycles. The van der Waals surface area contributed by atoms with Crippen LogP contribution in [-0.2, 0) is 4.74 Å². The lowest BCUT2D eigenvalue weighted by Gasteiger charge is -2.09. The quantitative estimate of drug-likeness (QED) is 0.876. The first-order chi connectivity index (χ1) is 9.56. The van der Waals surface area contributed by atoms with E-state index in [2.05, 4.69) is 4.74 Å². The fourth-order valence-corrected chi connectivity index (χ4v) is 1.85. The van der Waals surface area contributed by atoms with Crippen LogP contribution in [0, 0.1) is 5.82 Å². The van der Waals surface area contributed by atoms with Crippen LogP contribution >= 0.6 is 0 Å². The molecule has 2 rings (SSSR count). The normalized spacial score (nSPS) is 10.2. The van der Waals surface area contributed by atoms with Crippen LogP contribution in [0.15, 0.2) is 36.4 Å². The highest BCUT2D eigenvalue weighted by Crippen LogP contribution is 2.33. The molecular weight excluding hydrogens is 263 g/mol. The van der Waals surface area contributed by atoms with Crippen LogP contribution < -0.4 is 4.74 Å². The largest absolute Gasteiger partial charge is 0.507 e. The van der Waals surface area contributed by atoms with Crippen LogP contribution in [0.5, 0.6) is 11.5 Å². The lowest BCUT2D eigenvalue weighted by molar-refractivity contribution is 0.0600. The summed E-state index contributed by atoms with van der Waals surface area (Å²) in [5, 5.41) is 9.98. The van der Waals surface area contributed by atoms with Gasteiger partial charge in [0.15, 0.2) is 11.6 Å². The molecule has 2 aromatic rings. The van der Waals surface area contributed by atoms with Gasteiger partial charge in [0.25, 0.3) is 0 Å². The van der Waals surface area contributed by atoms with Crippen molar-refractivity contribution >= 4 is 5.97 Å². The van der Waals surface area contributed by atoms with Gasteiger partial charge in [0.05, 0.1) is 19.8 Å². The number of methoxy groups -OCH3 is 2. The molecule has 5 heteroatoms. The van der Waals surface area contributed by atoms with Crippen LogP contribution in [0.4, 0.5) is 4.39 Å². The number of hydrogen-bond acceptors (Lipinski definition) is 4. The minimum Gasteiger partial charge on any atom is -0.507 e. The number of hydrogen-bond donors (Lipinski definition) is 1. The van der Waals surface area contributed by atoms with E-state index in [1.807, 2.05) is 0 Å². The molecule has 0 saturated heterocycles. The smallest absolute Gasteiger partial charge is 0.337 e. The molecule has 0 fully saturated rings. The van der Waals surface area contributed by atoms with Gasteiger partial charge in [-0.2, -0.15) is 0 Å². The van der Waals surface area contributed by atoms with Crippen molar-refractivity contribution in [2.45, 2.75) is 0 Å². The minimum atomic E-state index is -0.538. The van der Waals surface area contributed by atoms with Gasteiger partial charge in [-0.3, -0.25) is 0 Å². The molecule has 2 aromatic carbocycles. The molecule has 0 amide bonds. The van der Waals surface area contributed by atoms with Gasteiger partial charge in [0.2, 0.25) is 0 Å². The third-order valence-electron chi connectivity index (χ3n) is 2.88. The number of phenols is 1. The van der Waals surface area contributed by atoms with Gasteiger partial charge in [-0.25, -0.2) is 9.18 Å². The van der Waals surface area contributed by atoms with Crippen molar-refractivity contribution in [3.63, 3.8) is 0 Å². The molecule has 0 atom stereocenters. The predicted octanol–water partition coefficient (Wildman–Crippen LogP) is 2.99. The van der Waals surface area contributed by atoms with Crippen molar-refractivity contribution in [1.82, 2.24) is 0 Å². The number of ether oxygens (including phenoxy) is 2. The van der Waals surface area contributed by atoms with Crippen molar-refractivity contribution in [2.24, 2.45) is 0 Å². The van der Waals surface area contributed by atoms with Gasteiger partial charge in [0, 0.05) is 5.56 Å². The Labute approximate surface area is 115 Å². The Bertz CT molecular complexity index is 652. The van der Waals surface area contributed by atoms with E-state index in [1.54, 1.807) is 6.07 Å². The first-order valence-electron chi connectivity index (χ1n) is 5.82. The van der Waals surface area contributed by atoms with Gasteiger partial charge >= 0.3 is 5.97 Å². The lowest BCUT2D eigenvalue weighted by Crippen LogP contribution is -2.00. The topological polar surface area (TPSA) is 55.8 Å². The second kappa shape index (κ2) is 5.61. The van der Waals surface area contributed by atoms with Crippen LogP contribution in [-0.4, -0.2) is 25.3 Å². The predicted molar refractivity (Wildman–Crippen MR) is 71.4 cm³/mol. The Kier molecular flexibility index (Phi) is 3.89. The number of carbonyl (C=O) groups excluding carboxylic acids is 1. The van der Waals surface area contributed by atoms with Crippen molar-refractivity contribution < 1.29 is 23.8 Å². The lowest BCUT2D eigenvalue weighted by atomic mass is 10.0. The zero-order valence-electron chi connectivity index (χ0n) is 11.0. The van der Waals surface area contributed by atoms with E-state index in [0.717, 1.165) is 0 Å². The Morgan fingerprint density at radius 3 is 2.50 bits per heavy atom. The van der Waals surface area contributed by atoms with Gasteiger partial charge in [-0.1, -0.05) is 6.07 Å². The molecule has 104 valence electrons. The Morgan fingerprint density at radius 1 is 1.15 bits per heavy atom. The Morgan fingerprint density at radius 2 is 1.90 bits per heavy atom. The number of rotatable bonds is 3. The fourth-order valence-electron chi connectivity index (χ4n) is 1.85. The van der Waals surface area contributed by atoms with Gasteiger partial charge < -0.3 is 14.6 Å². The summed E-state index contributed by atoms with van der Waals surface area (Å²) in [6, 6.07) is 8.64. The van der Waals surface area contributed by atoms with Gasteiger partial charge in [0.1, 0.15) is 5.75 Å². The zero-order chi connectivity index (χ0) is 14.7. The van der Waals surface area contributed by atoms with E-state index < -0.39 is 11.8 Å². The number of benzene rings is 2. The summed E-state index contributed by atoms with van der Waals surface area (Å²) < 4.78 is 22.8. The van der Waals surface area contributed by atoms with Crippen LogP contribution in [0.2, 0.25) is 0 Å². The Balaban J connectivity index is 2.45. The average Bonchev–Trinajstić information content (AvgIpc) is 2.47. The summed E-state index contributed by atoms with van der Waals surface area (Å²) in [5.41, 5.74) is 1.29. The molecule has 20 heavy (non-hydrogen) atoms. The van der Waals surface area contributed by atoms with E-state index in [1.165, 1.54) is 44.6 Å². The third kappa shape index (κ3) is 2.56. The maximum atomic E-state index is 13.4. The highest BCUT2D eigenvalue weighted by molar-refractivity contribution is 5.91. The molecule has 0 heterocycles. The summed E-state index contributed by atoms with van der Waals surface area (Å²) in [6.45, 7) is 0. The summed E-state index contributed by atoms with van der Waals surface area (Å²) in [4.78, 5) is 11.4. The van der Waals surface area contributed by atoms with Gasteiger partial charge in [-0.05, 0) is 35.9 Å². The summed E-state index contributed by atoms with van der Waals surface area (Å²) in [6.07, 6.45) is 0. The van der Waals surface area contributed by atoms with Crippen molar-refractivity contribution in [2.75, 3.05) is 14.2 Å². The maximum absolute atomic E-state index is 13.4. The first kappa shape index (κ1) is 13.9. The fraction of sp³-hybridized carbons (Fsp3) is 0.133. The maximum Gasteiger partial charge on any atom is 0.337 e. The molecule has 0 aliphatic carbocycles. The van der Waals surface area contributed by atoms with E-state index in [0.29, 0.717) is 11.1 Å². The van der Waals surface area contributed by atoms with E-state index in [9.17, 15) is 14.3 Å². The SMILES string of the molecule is COC(=O)c1ccc(-c2ccc(F)c(OC)c2)c(O)c1. The summed E-state index contributed by atoms with van der Waals surface area (Å²) in [5.74, 6) is -1.04. The minimum absolute atomic E-state index is 0.0824. The molecule has 0 radical (unpaired) electrons. The van der Waals surface area contributed by atoms with Crippen LogP contribution in [0.3, 0.4) is 0 Å². The number of carbonyl (C=O) groups is 1. The zero-order valence-corrected chi connectivity index (χ0v) is 11.0. The van der Waals surface area contributed by atoms with Crippen molar-refractivity contribution in [3.05, 3.63) is 47.8 Å². The van der Waals surface area contributed by atoms with E-state index in [4.69, 9.17) is 4.74 Å². The molecule has 0 unspecified atom stereocenters. The van der Waals surface area contributed by atoms with Crippen LogP contribution in [0.1, 0.15) is 10.4 Å². The monoisotopic (exact) mass is 276 g/mol. The summed E-state index contributed by atoms with van der Waals surface area (Å²) in [7, 11) is 2.63. The van der Waals surface area contributed by atoms with Gasteiger partial charge in [-0.15, -0.1) is 0 Å². The molecule has 0 aliphatic heterocycles. The van der Waals surface area contributed by atoms with E-state index in [-0.39, 0.29) is 17.1 Å². The highest BCUT2D eigenvalue weighted by Gasteiger charge is 2.12. The second-order valence-corrected chi connectivity index (χ2v) is 4.07. The number of aromatic hydroxyl groups is 1. The molecule has 0 aliphatic rings. The molecule has 4 nitrogen and oxygen atoms in total. The molecule has 0 spiro atoms. The van der Waals surface area contributed by atoms with Crippen LogP contribution in [0.25, 0.3) is 11.1 Å². The third-order valence-corrected chi connectivity index (χ3v) is 2.88. The number of esters is 1. The van der Waals surface area contributed by atoms with Crippen molar-refractivity contribution in [3.8, 4) is 22.6 Å². The molecule has 0 aromatic heterocycles. The molecular formula is C15H13FO4. The second-order valence-electron chi connectivity index (χ2n) is 4.07. The standard InChI is InChI=1S/C15H13FO4/c1-19-14-8-9(4-6-12(14)16)11-5-3-10(7-13(11)17)15(18)20-2/h3-8,17H,1-2H3. The number of phenolic OH excluding ortho intramolecular Hbond substituents is 1. The molecule has 0 bridgehead atoms. The Hall–Kier alpha value is -2.56. The highest BCUT2D eigenvalue weighted by atomic mass is 19.1. The molecule has 1 N–H and O–H groups in total. The average molecular weight is 276 g/mol.